The van der Waals surface area contributed by atoms with Crippen molar-refractivity contribution >= 4 is 21.2 Å². The van der Waals surface area contributed by atoms with Crippen LogP contribution < -0.4 is 10.6 Å². The van der Waals surface area contributed by atoms with Gasteiger partial charge in [-0.25, -0.2) is 8.42 Å². The normalized spacial score (nSPS) is 11.9. The first-order valence-electron chi connectivity index (χ1n) is 7.16. The van der Waals surface area contributed by atoms with Gasteiger partial charge in [0.1, 0.15) is 12.1 Å². The van der Waals surface area contributed by atoms with E-state index in [0.29, 0.717) is 11.4 Å². The van der Waals surface area contributed by atoms with Crippen LogP contribution in [-0.4, -0.2) is 8.42 Å². The molecule has 0 heterocycles. The number of hydrogen-bond acceptors (Lipinski definition) is 6. The van der Waals surface area contributed by atoms with Crippen molar-refractivity contribution in [2.45, 2.75) is 0 Å². The van der Waals surface area contributed by atoms with Crippen molar-refractivity contribution in [1.82, 2.24) is 0 Å². The zero-order chi connectivity index (χ0) is 18.1. The van der Waals surface area contributed by atoms with Gasteiger partial charge in [-0.3, -0.25) is 0 Å². The molecule has 0 unspecified atom stereocenters. The number of rotatable bonds is 6. The molecule has 6 nitrogen and oxygen atoms in total. The van der Waals surface area contributed by atoms with E-state index in [4.69, 9.17) is 0 Å². The smallest absolute Gasteiger partial charge is 0.229 e. The summed E-state index contributed by atoms with van der Waals surface area (Å²) in [5.41, 5.74) is 1.24. The number of sulfone groups is 1. The van der Waals surface area contributed by atoms with Crippen molar-refractivity contribution in [3.63, 3.8) is 0 Å². The molecule has 0 aromatic heterocycles. The highest BCUT2D eigenvalue weighted by atomic mass is 32.2. The molecule has 0 aliphatic heterocycles. The number of nitrogens with zero attached hydrogens (tertiary/aromatic N) is 2. The molecule has 124 valence electrons. The molecule has 2 aromatic rings. The van der Waals surface area contributed by atoms with E-state index in [1.54, 1.807) is 60.7 Å². The van der Waals surface area contributed by atoms with Crippen LogP contribution in [0.2, 0.25) is 0 Å². The highest BCUT2D eigenvalue weighted by molar-refractivity contribution is 7.99. The maximum Gasteiger partial charge on any atom is 0.229 e. The van der Waals surface area contributed by atoms with Gasteiger partial charge in [-0.2, -0.15) is 10.5 Å². The van der Waals surface area contributed by atoms with Crippen LogP contribution in [0.3, 0.4) is 0 Å². The Morgan fingerprint density at radius 2 is 1.12 bits per heavy atom. The molecular weight excluding hydrogens is 336 g/mol. The highest BCUT2D eigenvalue weighted by Gasteiger charge is 2.24. The van der Waals surface area contributed by atoms with Crippen molar-refractivity contribution in [3.8, 4) is 12.1 Å². The fraction of sp³-hybridized carbons (Fsp3) is 0. The number of allylic oxidation sites excluding steroid dienone is 2. The largest absolute Gasteiger partial charge is 0.360 e. The molecule has 2 rings (SSSR count). The zero-order valence-corrected chi connectivity index (χ0v) is 13.9. The average Bonchev–Trinajstić information content (AvgIpc) is 2.64. The Bertz CT molecular complexity index is 892. The summed E-state index contributed by atoms with van der Waals surface area (Å²) in [6, 6.07) is 20.8. The highest BCUT2D eigenvalue weighted by Crippen LogP contribution is 2.18. The molecule has 0 bridgehead atoms. The molecule has 2 N–H and O–H groups in total. The van der Waals surface area contributed by atoms with Crippen molar-refractivity contribution < 1.29 is 8.42 Å². The molecule has 0 spiro atoms. The Labute approximate surface area is 146 Å². The number of benzene rings is 2. The summed E-state index contributed by atoms with van der Waals surface area (Å²) in [4.78, 5) is -1.11. The Morgan fingerprint density at radius 3 is 1.44 bits per heavy atom. The first-order chi connectivity index (χ1) is 12.1. The summed E-state index contributed by atoms with van der Waals surface area (Å²) in [6.07, 6.45) is 2.14. The van der Waals surface area contributed by atoms with E-state index in [2.05, 4.69) is 10.6 Å². The third kappa shape index (κ3) is 4.71. The predicted molar refractivity (Wildman–Crippen MR) is 96.4 cm³/mol. The zero-order valence-electron chi connectivity index (χ0n) is 13.0. The minimum Gasteiger partial charge on any atom is -0.360 e. The topological polar surface area (TPSA) is 106 Å². The lowest BCUT2D eigenvalue weighted by Crippen LogP contribution is -2.08. The third-order valence-corrected chi connectivity index (χ3v) is 4.66. The number of nitriles is 2. The van der Waals surface area contributed by atoms with Crippen molar-refractivity contribution in [2.24, 2.45) is 0 Å². The standard InChI is InChI=1S/C18H14N4O2S/c19-11-17(13-21-15-7-3-1-4-8-15)25(23,24)18(12-20)14-22-16-9-5-2-6-10-16/h1-10,13-14,21-22H/b17-13+,18-14+. The molecule has 0 fully saturated rings. The minimum atomic E-state index is -4.23. The second kappa shape index (κ2) is 8.34. The van der Waals surface area contributed by atoms with Gasteiger partial charge in [-0.1, -0.05) is 36.4 Å². The molecule has 2 aromatic carbocycles. The summed E-state index contributed by atoms with van der Waals surface area (Å²) in [5.74, 6) is 0. The van der Waals surface area contributed by atoms with E-state index in [1.165, 1.54) is 0 Å². The Hall–Kier alpha value is -3.55. The molecule has 0 amide bonds. The summed E-state index contributed by atoms with van der Waals surface area (Å²) in [7, 11) is -4.23. The molecule has 25 heavy (non-hydrogen) atoms. The summed E-state index contributed by atoms with van der Waals surface area (Å²) in [5, 5.41) is 23.8. The van der Waals surface area contributed by atoms with Gasteiger partial charge in [0.25, 0.3) is 0 Å². The van der Waals surface area contributed by atoms with Gasteiger partial charge in [0.2, 0.25) is 9.84 Å². The van der Waals surface area contributed by atoms with E-state index in [9.17, 15) is 18.9 Å². The Balaban J connectivity index is 2.26. The van der Waals surface area contributed by atoms with Crippen LogP contribution in [0.25, 0.3) is 0 Å². The lowest BCUT2D eigenvalue weighted by atomic mass is 10.3. The summed E-state index contributed by atoms with van der Waals surface area (Å²) >= 11 is 0. The number of anilines is 2. The van der Waals surface area contributed by atoms with Gasteiger partial charge in [0.05, 0.1) is 0 Å². The SMILES string of the molecule is N#C/C(=C\Nc1ccccc1)S(=O)(=O)/C(C#N)=C/Nc1ccccc1. The average molecular weight is 350 g/mol. The molecular formula is C18H14N4O2S. The van der Waals surface area contributed by atoms with Crippen LogP contribution in [0.4, 0.5) is 11.4 Å². The molecule has 0 aliphatic rings. The van der Waals surface area contributed by atoms with Crippen LogP contribution in [-0.2, 0) is 9.84 Å². The summed E-state index contributed by atoms with van der Waals surface area (Å²) < 4.78 is 24.9. The molecule has 0 saturated carbocycles. The van der Waals surface area contributed by atoms with Crippen molar-refractivity contribution in [2.75, 3.05) is 10.6 Å². The quantitative estimate of drug-likeness (QED) is 0.774. The van der Waals surface area contributed by atoms with E-state index in [1.807, 2.05) is 12.1 Å². The minimum absolute atomic E-state index is 0.556. The van der Waals surface area contributed by atoms with Gasteiger partial charge in [0, 0.05) is 23.8 Å². The number of hydrogen-bond donors (Lipinski definition) is 2. The molecule has 0 radical (unpaired) electrons. The lowest BCUT2D eigenvalue weighted by Gasteiger charge is -2.05. The third-order valence-electron chi connectivity index (χ3n) is 3.09. The van der Waals surface area contributed by atoms with Crippen molar-refractivity contribution in [3.05, 3.63) is 82.9 Å². The van der Waals surface area contributed by atoms with E-state index in [-0.39, 0.29) is 0 Å². The molecule has 0 aliphatic carbocycles. The maximum atomic E-state index is 12.5. The number of nitrogens with one attached hydrogen (secondary N) is 2. The fourth-order valence-electron chi connectivity index (χ4n) is 1.82. The van der Waals surface area contributed by atoms with E-state index in [0.717, 1.165) is 12.4 Å². The van der Waals surface area contributed by atoms with Gasteiger partial charge in [-0.15, -0.1) is 0 Å². The van der Waals surface area contributed by atoms with Gasteiger partial charge in [0.15, 0.2) is 9.81 Å². The predicted octanol–water partition coefficient (Wildman–Crippen LogP) is 3.36. The van der Waals surface area contributed by atoms with Gasteiger partial charge < -0.3 is 10.6 Å². The van der Waals surface area contributed by atoms with Crippen LogP contribution in [0, 0.1) is 22.7 Å². The van der Waals surface area contributed by atoms with Crippen LogP contribution in [0.1, 0.15) is 0 Å². The second-order valence-electron chi connectivity index (χ2n) is 4.76. The molecule has 0 saturated heterocycles. The summed E-state index contributed by atoms with van der Waals surface area (Å²) in [6.45, 7) is 0. The monoisotopic (exact) mass is 350 g/mol. The van der Waals surface area contributed by atoms with Crippen molar-refractivity contribution in [1.29, 1.82) is 10.5 Å². The number of para-hydroxylation sites is 2. The molecule has 7 heteroatoms. The van der Waals surface area contributed by atoms with Gasteiger partial charge >= 0.3 is 0 Å². The fourth-order valence-corrected chi connectivity index (χ4v) is 2.73. The Kier molecular flexibility index (Phi) is 5.94. The van der Waals surface area contributed by atoms with Gasteiger partial charge in [-0.05, 0) is 24.3 Å². The first kappa shape index (κ1) is 17.8. The molecule has 0 atom stereocenters. The second-order valence-corrected chi connectivity index (χ2v) is 6.65. The lowest BCUT2D eigenvalue weighted by molar-refractivity contribution is 0.609. The maximum absolute atomic E-state index is 12.5. The van der Waals surface area contributed by atoms with E-state index >= 15 is 0 Å². The van der Waals surface area contributed by atoms with Crippen LogP contribution in [0.15, 0.2) is 82.9 Å². The Morgan fingerprint density at radius 1 is 0.760 bits per heavy atom. The van der Waals surface area contributed by atoms with E-state index < -0.39 is 19.6 Å². The first-order valence-corrected chi connectivity index (χ1v) is 8.65. The van der Waals surface area contributed by atoms with Crippen LogP contribution >= 0.6 is 0 Å². The van der Waals surface area contributed by atoms with Crippen LogP contribution in [0.5, 0.6) is 0 Å².